The molecule has 0 aliphatic rings. The number of nitrogens with zero attached hydrogens (tertiary/aromatic N) is 2. The number of hydrogen-bond acceptors (Lipinski definition) is 7. The summed E-state index contributed by atoms with van der Waals surface area (Å²) in [6, 6.07) is 6.70. The van der Waals surface area contributed by atoms with Crippen molar-refractivity contribution in [3.8, 4) is 0 Å². The maximum Gasteiger partial charge on any atom is 0.337 e. The molecule has 1 aromatic carbocycles. The van der Waals surface area contributed by atoms with Gasteiger partial charge in [-0.1, -0.05) is 0 Å². The molecule has 1 amide bonds. The first-order valence-electron chi connectivity index (χ1n) is 7.68. The maximum absolute atomic E-state index is 11.9. The summed E-state index contributed by atoms with van der Waals surface area (Å²) in [5.74, 6) is -0.282. The van der Waals surface area contributed by atoms with Crippen LogP contribution in [-0.4, -0.2) is 49.2 Å². The number of amides is 1. The fourth-order valence-corrected chi connectivity index (χ4v) is 1.97. The van der Waals surface area contributed by atoms with Crippen LogP contribution in [0, 0.1) is 0 Å². The van der Waals surface area contributed by atoms with Gasteiger partial charge < -0.3 is 20.1 Å². The maximum atomic E-state index is 11.9. The van der Waals surface area contributed by atoms with Gasteiger partial charge in [-0.05, 0) is 30.7 Å². The number of benzene rings is 1. The Bertz CT molecular complexity index is 702. The van der Waals surface area contributed by atoms with Crippen LogP contribution in [0.1, 0.15) is 27.1 Å². The van der Waals surface area contributed by atoms with Crippen LogP contribution in [0.25, 0.3) is 0 Å². The molecule has 2 rings (SSSR count). The lowest BCUT2D eigenvalue weighted by molar-refractivity contribution is 0.0600. The van der Waals surface area contributed by atoms with Gasteiger partial charge in [-0.2, -0.15) is 0 Å². The van der Waals surface area contributed by atoms with Gasteiger partial charge in [0, 0.05) is 38.3 Å². The molecule has 1 heterocycles. The van der Waals surface area contributed by atoms with Crippen LogP contribution in [0.5, 0.6) is 0 Å². The van der Waals surface area contributed by atoms with Crippen molar-refractivity contribution < 1.29 is 19.1 Å². The van der Waals surface area contributed by atoms with Gasteiger partial charge in [0.2, 0.25) is 5.95 Å². The van der Waals surface area contributed by atoms with Gasteiger partial charge in [0.1, 0.15) is 0 Å². The molecule has 0 saturated heterocycles. The van der Waals surface area contributed by atoms with Crippen LogP contribution in [0.4, 0.5) is 11.6 Å². The molecule has 8 nitrogen and oxygen atoms in total. The van der Waals surface area contributed by atoms with E-state index in [1.807, 2.05) is 0 Å². The number of rotatable bonds is 8. The molecular formula is C17H20N4O4. The molecule has 0 aliphatic carbocycles. The van der Waals surface area contributed by atoms with Crippen molar-refractivity contribution >= 4 is 23.5 Å². The summed E-state index contributed by atoms with van der Waals surface area (Å²) in [5.41, 5.74) is 1.54. The van der Waals surface area contributed by atoms with Crippen LogP contribution in [0.15, 0.2) is 36.7 Å². The molecule has 1 aromatic heterocycles. The number of aromatic nitrogens is 2. The van der Waals surface area contributed by atoms with Crippen LogP contribution in [0.2, 0.25) is 0 Å². The molecule has 0 spiro atoms. The fraction of sp³-hybridized carbons (Fsp3) is 0.294. The number of ether oxygens (including phenoxy) is 2. The van der Waals surface area contributed by atoms with E-state index in [-0.39, 0.29) is 5.91 Å². The zero-order chi connectivity index (χ0) is 18.1. The lowest BCUT2D eigenvalue weighted by Gasteiger charge is -2.07. The number of nitrogens with one attached hydrogen (secondary N) is 2. The monoisotopic (exact) mass is 344 g/mol. The molecule has 2 N–H and O–H groups in total. The van der Waals surface area contributed by atoms with E-state index in [0.717, 1.165) is 6.42 Å². The van der Waals surface area contributed by atoms with Gasteiger partial charge >= 0.3 is 5.97 Å². The first-order chi connectivity index (χ1) is 12.1. The van der Waals surface area contributed by atoms with Gasteiger partial charge in [0.25, 0.3) is 5.91 Å². The van der Waals surface area contributed by atoms with Gasteiger partial charge in [0.15, 0.2) is 0 Å². The summed E-state index contributed by atoms with van der Waals surface area (Å²) >= 11 is 0. The van der Waals surface area contributed by atoms with Crippen molar-refractivity contribution in [1.82, 2.24) is 15.3 Å². The van der Waals surface area contributed by atoms with E-state index >= 15 is 0 Å². The lowest BCUT2D eigenvalue weighted by atomic mass is 10.2. The Morgan fingerprint density at radius 3 is 2.32 bits per heavy atom. The van der Waals surface area contributed by atoms with Crippen LogP contribution in [-0.2, 0) is 9.47 Å². The highest BCUT2D eigenvalue weighted by atomic mass is 16.5. The molecule has 0 bridgehead atoms. The SMILES string of the molecule is COCCCNC(=O)c1cnc(Nc2ccc(C(=O)OC)cc2)nc1. The third-order valence-electron chi connectivity index (χ3n) is 3.29. The van der Waals surface area contributed by atoms with E-state index in [2.05, 4.69) is 25.3 Å². The zero-order valence-corrected chi connectivity index (χ0v) is 14.1. The lowest BCUT2D eigenvalue weighted by Crippen LogP contribution is -2.25. The Labute approximate surface area is 145 Å². The second kappa shape index (κ2) is 9.33. The predicted octanol–water partition coefficient (Wildman–Crippen LogP) is 1.77. The zero-order valence-electron chi connectivity index (χ0n) is 14.1. The van der Waals surface area contributed by atoms with E-state index in [1.165, 1.54) is 19.5 Å². The number of anilines is 2. The van der Waals surface area contributed by atoms with Crippen molar-refractivity contribution in [2.24, 2.45) is 0 Å². The highest BCUT2D eigenvalue weighted by Crippen LogP contribution is 2.14. The van der Waals surface area contributed by atoms with E-state index in [1.54, 1.807) is 31.4 Å². The topological polar surface area (TPSA) is 102 Å². The molecule has 0 saturated carbocycles. The first-order valence-corrected chi connectivity index (χ1v) is 7.68. The van der Waals surface area contributed by atoms with Crippen LogP contribution in [0.3, 0.4) is 0 Å². The Morgan fingerprint density at radius 2 is 1.72 bits per heavy atom. The minimum Gasteiger partial charge on any atom is -0.465 e. The van der Waals surface area contributed by atoms with E-state index in [9.17, 15) is 9.59 Å². The van der Waals surface area contributed by atoms with Crippen molar-refractivity contribution in [3.05, 3.63) is 47.8 Å². The highest BCUT2D eigenvalue weighted by Gasteiger charge is 2.08. The minimum atomic E-state index is -0.399. The molecule has 8 heteroatoms. The summed E-state index contributed by atoms with van der Waals surface area (Å²) in [6.07, 6.45) is 3.64. The summed E-state index contributed by atoms with van der Waals surface area (Å²) in [5, 5.41) is 5.75. The standard InChI is InChI=1S/C17H20N4O4/c1-24-9-3-8-18-15(22)13-10-19-17(20-11-13)21-14-6-4-12(5-7-14)16(23)25-2/h4-7,10-11H,3,8-9H2,1-2H3,(H,18,22)(H,19,20,21). The molecule has 0 aliphatic heterocycles. The predicted molar refractivity (Wildman–Crippen MR) is 91.9 cm³/mol. The van der Waals surface area contributed by atoms with E-state index in [0.29, 0.717) is 35.9 Å². The largest absolute Gasteiger partial charge is 0.465 e. The molecule has 25 heavy (non-hydrogen) atoms. The van der Waals surface area contributed by atoms with Gasteiger partial charge in [-0.3, -0.25) is 4.79 Å². The van der Waals surface area contributed by atoms with Crippen LogP contribution >= 0.6 is 0 Å². The number of carbonyl (C=O) groups excluding carboxylic acids is 2. The van der Waals surface area contributed by atoms with Crippen molar-refractivity contribution in [2.45, 2.75) is 6.42 Å². The molecule has 0 unspecified atom stereocenters. The average Bonchev–Trinajstić information content (AvgIpc) is 2.65. The molecule has 0 atom stereocenters. The number of hydrogen-bond donors (Lipinski definition) is 2. The third kappa shape index (κ3) is 5.54. The smallest absolute Gasteiger partial charge is 0.337 e. The van der Waals surface area contributed by atoms with Crippen molar-refractivity contribution in [2.75, 3.05) is 32.7 Å². The molecule has 132 valence electrons. The Hall–Kier alpha value is -3.00. The number of carbonyl (C=O) groups is 2. The Balaban J connectivity index is 1.91. The summed E-state index contributed by atoms with van der Waals surface area (Å²) < 4.78 is 9.56. The van der Waals surface area contributed by atoms with Crippen molar-refractivity contribution in [3.63, 3.8) is 0 Å². The number of methoxy groups -OCH3 is 2. The average molecular weight is 344 g/mol. The van der Waals surface area contributed by atoms with Crippen molar-refractivity contribution in [1.29, 1.82) is 0 Å². The quantitative estimate of drug-likeness (QED) is 0.556. The molecule has 2 aromatic rings. The van der Waals surface area contributed by atoms with E-state index in [4.69, 9.17) is 4.74 Å². The van der Waals surface area contributed by atoms with Gasteiger partial charge in [0.05, 0.1) is 18.2 Å². The summed E-state index contributed by atoms with van der Waals surface area (Å²) in [7, 11) is 2.95. The first kappa shape index (κ1) is 18.3. The van der Waals surface area contributed by atoms with E-state index < -0.39 is 5.97 Å². The molecule has 0 fully saturated rings. The van der Waals surface area contributed by atoms with Crippen LogP contribution < -0.4 is 10.6 Å². The summed E-state index contributed by atoms with van der Waals surface area (Å²) in [6.45, 7) is 1.12. The Morgan fingerprint density at radius 1 is 1.04 bits per heavy atom. The minimum absolute atomic E-state index is 0.231. The van der Waals surface area contributed by atoms with Gasteiger partial charge in [-0.15, -0.1) is 0 Å². The second-order valence-electron chi connectivity index (χ2n) is 5.09. The third-order valence-corrected chi connectivity index (χ3v) is 3.29. The fourth-order valence-electron chi connectivity index (χ4n) is 1.97. The molecule has 0 radical (unpaired) electrons. The second-order valence-corrected chi connectivity index (χ2v) is 5.09. The number of esters is 1. The Kier molecular flexibility index (Phi) is 6.85. The normalized spacial score (nSPS) is 10.2. The highest BCUT2D eigenvalue weighted by molar-refractivity contribution is 5.93. The summed E-state index contributed by atoms with van der Waals surface area (Å²) in [4.78, 5) is 31.5. The molecular weight excluding hydrogens is 324 g/mol. The van der Waals surface area contributed by atoms with Gasteiger partial charge in [-0.25, -0.2) is 14.8 Å².